The van der Waals surface area contributed by atoms with Crippen molar-refractivity contribution in [2.24, 2.45) is 0 Å². The van der Waals surface area contributed by atoms with Crippen LogP contribution in [0.5, 0.6) is 5.75 Å². The molecule has 5 rings (SSSR count). The number of fused-ring (bicyclic) bond motifs is 2. The predicted octanol–water partition coefficient (Wildman–Crippen LogP) is 0.876. The predicted molar refractivity (Wildman–Crippen MR) is 127 cm³/mol. The molecule has 0 saturated carbocycles. The number of hydrogen-bond donors (Lipinski definition) is 2. The van der Waals surface area contributed by atoms with Gasteiger partial charge in [-0.2, -0.15) is 0 Å². The molecule has 36 heavy (non-hydrogen) atoms. The summed E-state index contributed by atoms with van der Waals surface area (Å²) in [6.07, 6.45) is 0.821. The highest BCUT2D eigenvalue weighted by Gasteiger charge is 2.52. The molecule has 9 nitrogen and oxygen atoms in total. The molecular formula is C26H27FN4O5. The van der Waals surface area contributed by atoms with Gasteiger partial charge in [0.2, 0.25) is 17.7 Å². The SMILES string of the molecule is COc1ccccc1CC(=O)N[C@H]1C[C@@H]2C(=O)N[C@H]3CCN(C(=O)c4cccc(F)c4)[C@@H]3C(=O)N2C1. The lowest BCUT2D eigenvalue weighted by atomic mass is 10.1. The average Bonchev–Trinajstić information content (AvgIpc) is 3.46. The van der Waals surface area contributed by atoms with Crippen molar-refractivity contribution in [2.75, 3.05) is 20.2 Å². The Morgan fingerprint density at radius 2 is 1.97 bits per heavy atom. The number of amides is 4. The molecule has 2 aromatic carbocycles. The van der Waals surface area contributed by atoms with Crippen LogP contribution in [0.15, 0.2) is 48.5 Å². The Morgan fingerprint density at radius 1 is 1.17 bits per heavy atom. The van der Waals surface area contributed by atoms with Gasteiger partial charge in [-0.1, -0.05) is 24.3 Å². The van der Waals surface area contributed by atoms with Gasteiger partial charge >= 0.3 is 0 Å². The monoisotopic (exact) mass is 494 g/mol. The summed E-state index contributed by atoms with van der Waals surface area (Å²) in [5, 5.41) is 5.85. The number of hydrogen-bond acceptors (Lipinski definition) is 5. The Bertz CT molecular complexity index is 1220. The highest BCUT2D eigenvalue weighted by atomic mass is 19.1. The number of benzene rings is 2. The molecule has 3 aliphatic heterocycles. The van der Waals surface area contributed by atoms with Crippen LogP contribution in [0.2, 0.25) is 0 Å². The van der Waals surface area contributed by atoms with E-state index in [0.29, 0.717) is 12.2 Å². The van der Waals surface area contributed by atoms with E-state index in [9.17, 15) is 23.6 Å². The molecule has 2 N–H and O–H groups in total. The zero-order valence-electron chi connectivity index (χ0n) is 19.8. The largest absolute Gasteiger partial charge is 0.496 e. The molecule has 0 aliphatic carbocycles. The fraction of sp³-hybridized carbons (Fsp3) is 0.385. The molecule has 0 spiro atoms. The summed E-state index contributed by atoms with van der Waals surface area (Å²) < 4.78 is 19.0. The van der Waals surface area contributed by atoms with Crippen molar-refractivity contribution in [3.05, 3.63) is 65.5 Å². The first-order valence-electron chi connectivity index (χ1n) is 11.9. The van der Waals surface area contributed by atoms with Crippen LogP contribution in [0.3, 0.4) is 0 Å². The van der Waals surface area contributed by atoms with Gasteiger partial charge in [0.1, 0.15) is 23.7 Å². The van der Waals surface area contributed by atoms with E-state index in [1.807, 2.05) is 18.2 Å². The number of nitrogens with zero attached hydrogens (tertiary/aromatic N) is 2. The van der Waals surface area contributed by atoms with Gasteiger partial charge in [0, 0.05) is 30.3 Å². The molecule has 188 valence electrons. The molecule has 0 unspecified atom stereocenters. The number of para-hydroxylation sites is 1. The minimum atomic E-state index is -0.877. The highest BCUT2D eigenvalue weighted by Crippen LogP contribution is 2.30. The van der Waals surface area contributed by atoms with Crippen LogP contribution >= 0.6 is 0 Å². The van der Waals surface area contributed by atoms with E-state index in [2.05, 4.69) is 10.6 Å². The smallest absolute Gasteiger partial charge is 0.254 e. The van der Waals surface area contributed by atoms with E-state index >= 15 is 0 Å². The number of carbonyl (C=O) groups is 4. The van der Waals surface area contributed by atoms with Crippen LogP contribution in [-0.4, -0.2) is 77.8 Å². The van der Waals surface area contributed by atoms with Gasteiger partial charge in [0.15, 0.2) is 0 Å². The molecular weight excluding hydrogens is 467 g/mol. The molecule has 3 saturated heterocycles. The maximum Gasteiger partial charge on any atom is 0.254 e. The third-order valence-electron chi connectivity index (χ3n) is 7.11. The molecule has 2 aromatic rings. The number of nitrogens with one attached hydrogen (secondary N) is 2. The Morgan fingerprint density at radius 3 is 2.75 bits per heavy atom. The Kier molecular flexibility index (Phi) is 6.34. The molecule has 0 bridgehead atoms. The number of carbonyl (C=O) groups excluding carboxylic acids is 4. The fourth-order valence-electron chi connectivity index (χ4n) is 5.45. The summed E-state index contributed by atoms with van der Waals surface area (Å²) in [5.74, 6) is -1.26. The molecule has 3 fully saturated rings. The number of methoxy groups -OCH3 is 1. The van der Waals surface area contributed by atoms with E-state index in [-0.39, 0.29) is 49.2 Å². The van der Waals surface area contributed by atoms with Gasteiger partial charge < -0.3 is 25.2 Å². The zero-order chi connectivity index (χ0) is 25.4. The minimum Gasteiger partial charge on any atom is -0.496 e. The second-order valence-electron chi connectivity index (χ2n) is 9.35. The summed E-state index contributed by atoms with van der Waals surface area (Å²) in [4.78, 5) is 55.3. The molecule has 4 atom stereocenters. The number of ether oxygens (including phenoxy) is 1. The van der Waals surface area contributed by atoms with Crippen LogP contribution in [0, 0.1) is 5.82 Å². The molecule has 3 aliphatic rings. The molecule has 0 radical (unpaired) electrons. The number of likely N-dealkylation sites (tertiary alicyclic amines) is 1. The van der Waals surface area contributed by atoms with Crippen LogP contribution in [-0.2, 0) is 20.8 Å². The average molecular weight is 495 g/mol. The Balaban J connectivity index is 1.30. The number of halogens is 1. The van der Waals surface area contributed by atoms with Crippen molar-refractivity contribution in [1.29, 1.82) is 0 Å². The van der Waals surface area contributed by atoms with Gasteiger partial charge in [-0.25, -0.2) is 4.39 Å². The van der Waals surface area contributed by atoms with Crippen LogP contribution in [0.1, 0.15) is 28.8 Å². The third kappa shape index (κ3) is 4.38. The summed E-state index contributed by atoms with van der Waals surface area (Å²) in [6, 6.07) is 10.0. The quantitative estimate of drug-likeness (QED) is 0.642. The van der Waals surface area contributed by atoms with Crippen LogP contribution in [0.25, 0.3) is 0 Å². The lowest BCUT2D eigenvalue weighted by Gasteiger charge is -2.29. The first-order valence-corrected chi connectivity index (χ1v) is 11.9. The Labute approximate surface area is 207 Å². The van der Waals surface area contributed by atoms with Crippen molar-refractivity contribution in [2.45, 2.75) is 43.4 Å². The second-order valence-corrected chi connectivity index (χ2v) is 9.35. The normalized spacial score (nSPS) is 25.1. The van der Waals surface area contributed by atoms with Crippen molar-refractivity contribution >= 4 is 23.6 Å². The van der Waals surface area contributed by atoms with Crippen molar-refractivity contribution in [3.63, 3.8) is 0 Å². The zero-order valence-corrected chi connectivity index (χ0v) is 19.8. The molecule has 3 heterocycles. The highest BCUT2D eigenvalue weighted by molar-refractivity contribution is 6.00. The van der Waals surface area contributed by atoms with Crippen molar-refractivity contribution < 1.29 is 28.3 Å². The van der Waals surface area contributed by atoms with Crippen LogP contribution < -0.4 is 15.4 Å². The van der Waals surface area contributed by atoms with E-state index < -0.39 is 35.9 Å². The van der Waals surface area contributed by atoms with E-state index in [1.54, 1.807) is 6.07 Å². The van der Waals surface area contributed by atoms with Gasteiger partial charge in [-0.3, -0.25) is 19.2 Å². The van der Waals surface area contributed by atoms with E-state index in [1.165, 1.54) is 35.1 Å². The van der Waals surface area contributed by atoms with E-state index in [0.717, 1.165) is 11.6 Å². The third-order valence-corrected chi connectivity index (χ3v) is 7.11. The Hall–Kier alpha value is -3.95. The minimum absolute atomic E-state index is 0.103. The summed E-state index contributed by atoms with van der Waals surface area (Å²) in [7, 11) is 1.54. The number of rotatable bonds is 5. The van der Waals surface area contributed by atoms with E-state index in [4.69, 9.17) is 4.74 Å². The standard InChI is InChI=1S/C26H27FN4O5/c1-36-21-8-3-2-5-15(21)12-22(32)28-18-13-20-24(33)29-19-9-10-30(23(19)26(35)31(20)14-18)25(34)16-6-4-7-17(27)11-16/h2-8,11,18-20,23H,9-10,12-14H2,1H3,(H,28,32)(H,29,33)/t18-,19-,20+,23-/m0/s1. The lowest BCUT2D eigenvalue weighted by molar-refractivity contribution is -0.138. The first-order chi connectivity index (χ1) is 17.4. The van der Waals surface area contributed by atoms with Crippen molar-refractivity contribution in [1.82, 2.24) is 20.4 Å². The van der Waals surface area contributed by atoms with Gasteiger partial charge in [-0.15, -0.1) is 0 Å². The second kappa shape index (κ2) is 9.60. The maximum atomic E-state index is 13.7. The summed E-state index contributed by atoms with van der Waals surface area (Å²) >= 11 is 0. The van der Waals surface area contributed by atoms with Crippen LogP contribution in [0.4, 0.5) is 4.39 Å². The molecule has 10 heteroatoms. The lowest BCUT2D eigenvalue weighted by Crippen LogP contribution is -2.52. The maximum absolute atomic E-state index is 13.7. The molecule has 0 aromatic heterocycles. The molecule has 4 amide bonds. The van der Waals surface area contributed by atoms with Gasteiger partial charge in [0.25, 0.3) is 5.91 Å². The van der Waals surface area contributed by atoms with Gasteiger partial charge in [-0.05, 0) is 37.1 Å². The summed E-state index contributed by atoms with van der Waals surface area (Å²) in [5.41, 5.74) is 0.887. The first kappa shape index (κ1) is 23.8. The summed E-state index contributed by atoms with van der Waals surface area (Å²) in [6.45, 7) is 0.439. The van der Waals surface area contributed by atoms with Gasteiger partial charge in [0.05, 0.1) is 19.6 Å². The topological polar surface area (TPSA) is 108 Å². The van der Waals surface area contributed by atoms with Crippen molar-refractivity contribution in [3.8, 4) is 5.75 Å². The fourth-order valence-corrected chi connectivity index (χ4v) is 5.45.